The molecular formula is C15H25NO4. The van der Waals surface area contributed by atoms with E-state index in [4.69, 9.17) is 18.9 Å². The van der Waals surface area contributed by atoms with Gasteiger partial charge in [0.05, 0.1) is 19.3 Å². The molecule has 5 heteroatoms. The zero-order valence-electron chi connectivity index (χ0n) is 12.6. The summed E-state index contributed by atoms with van der Waals surface area (Å²) in [7, 11) is 3.35. The number of hydrogen-bond donors (Lipinski definition) is 1. The van der Waals surface area contributed by atoms with Gasteiger partial charge in [-0.25, -0.2) is 0 Å². The fraction of sp³-hybridized carbons (Fsp3) is 0.600. The van der Waals surface area contributed by atoms with Gasteiger partial charge in [-0.2, -0.15) is 0 Å². The molecule has 0 spiro atoms. The van der Waals surface area contributed by atoms with Crippen molar-refractivity contribution in [2.75, 3.05) is 47.1 Å². The average molecular weight is 283 g/mol. The number of para-hydroxylation sites is 2. The van der Waals surface area contributed by atoms with Crippen LogP contribution in [-0.4, -0.2) is 53.2 Å². The topological polar surface area (TPSA) is 49.0 Å². The molecule has 0 bridgehead atoms. The quantitative estimate of drug-likeness (QED) is 0.627. The summed E-state index contributed by atoms with van der Waals surface area (Å²) in [5.74, 6) is 1.56. The van der Waals surface area contributed by atoms with Crippen molar-refractivity contribution in [1.29, 1.82) is 0 Å². The first-order valence-electron chi connectivity index (χ1n) is 6.88. The number of rotatable bonds is 11. The Morgan fingerprint density at radius 1 is 1.10 bits per heavy atom. The molecule has 0 aliphatic carbocycles. The molecule has 1 aromatic carbocycles. The molecule has 1 rings (SSSR count). The van der Waals surface area contributed by atoms with Crippen molar-refractivity contribution in [2.24, 2.45) is 0 Å². The Labute approximate surface area is 121 Å². The summed E-state index contributed by atoms with van der Waals surface area (Å²) in [6, 6.07) is 7.69. The SMILES string of the molecule is CCOc1ccccc1OCCNCC(COC)OC. The first kappa shape index (κ1) is 16.8. The van der Waals surface area contributed by atoms with Gasteiger partial charge in [0, 0.05) is 27.3 Å². The second kappa shape index (κ2) is 10.5. The van der Waals surface area contributed by atoms with Gasteiger partial charge in [-0.15, -0.1) is 0 Å². The van der Waals surface area contributed by atoms with Crippen LogP contribution in [0.1, 0.15) is 6.92 Å². The molecule has 0 aromatic heterocycles. The lowest BCUT2D eigenvalue weighted by Gasteiger charge is -2.15. The minimum absolute atomic E-state index is 0.0655. The van der Waals surface area contributed by atoms with Crippen LogP contribution < -0.4 is 14.8 Å². The van der Waals surface area contributed by atoms with Gasteiger partial charge >= 0.3 is 0 Å². The van der Waals surface area contributed by atoms with E-state index in [1.807, 2.05) is 31.2 Å². The second-order valence-electron chi connectivity index (χ2n) is 4.25. The Balaban J connectivity index is 2.24. The molecule has 0 amide bonds. The van der Waals surface area contributed by atoms with Crippen LogP contribution in [0, 0.1) is 0 Å². The average Bonchev–Trinajstić information content (AvgIpc) is 2.47. The molecule has 0 fully saturated rings. The van der Waals surface area contributed by atoms with Crippen LogP contribution in [0.2, 0.25) is 0 Å². The van der Waals surface area contributed by atoms with Gasteiger partial charge in [0.1, 0.15) is 6.61 Å². The smallest absolute Gasteiger partial charge is 0.161 e. The number of nitrogens with one attached hydrogen (secondary N) is 1. The maximum Gasteiger partial charge on any atom is 0.161 e. The van der Waals surface area contributed by atoms with Gasteiger partial charge in [-0.05, 0) is 19.1 Å². The van der Waals surface area contributed by atoms with Crippen LogP contribution >= 0.6 is 0 Å². The van der Waals surface area contributed by atoms with E-state index in [1.165, 1.54) is 0 Å². The third kappa shape index (κ3) is 6.23. The highest BCUT2D eigenvalue weighted by atomic mass is 16.5. The zero-order chi connectivity index (χ0) is 14.6. The number of methoxy groups -OCH3 is 2. The lowest BCUT2D eigenvalue weighted by molar-refractivity contribution is 0.0286. The van der Waals surface area contributed by atoms with Crippen molar-refractivity contribution in [3.8, 4) is 11.5 Å². The fourth-order valence-electron chi connectivity index (χ4n) is 1.74. The molecule has 1 atom stereocenters. The fourth-order valence-corrected chi connectivity index (χ4v) is 1.74. The third-order valence-electron chi connectivity index (χ3n) is 2.74. The molecule has 0 saturated heterocycles. The first-order chi connectivity index (χ1) is 9.81. The third-order valence-corrected chi connectivity index (χ3v) is 2.74. The summed E-state index contributed by atoms with van der Waals surface area (Å²) < 4.78 is 21.5. The molecule has 1 aromatic rings. The van der Waals surface area contributed by atoms with E-state index in [0.29, 0.717) is 19.8 Å². The summed E-state index contributed by atoms with van der Waals surface area (Å²) in [6.07, 6.45) is 0.0655. The lowest BCUT2D eigenvalue weighted by atomic mass is 10.3. The molecular weight excluding hydrogens is 258 g/mol. The van der Waals surface area contributed by atoms with Gasteiger partial charge in [-0.1, -0.05) is 12.1 Å². The Morgan fingerprint density at radius 2 is 1.80 bits per heavy atom. The molecule has 0 heterocycles. The minimum atomic E-state index is 0.0655. The monoisotopic (exact) mass is 283 g/mol. The highest BCUT2D eigenvalue weighted by Gasteiger charge is 2.06. The zero-order valence-corrected chi connectivity index (χ0v) is 12.6. The summed E-state index contributed by atoms with van der Waals surface area (Å²) >= 11 is 0. The molecule has 0 saturated carbocycles. The number of ether oxygens (including phenoxy) is 4. The van der Waals surface area contributed by atoms with E-state index in [2.05, 4.69) is 5.32 Å². The first-order valence-corrected chi connectivity index (χ1v) is 6.88. The highest BCUT2D eigenvalue weighted by molar-refractivity contribution is 5.39. The molecule has 1 unspecified atom stereocenters. The Morgan fingerprint density at radius 3 is 2.40 bits per heavy atom. The van der Waals surface area contributed by atoms with Crippen LogP contribution in [0.4, 0.5) is 0 Å². The van der Waals surface area contributed by atoms with Crippen molar-refractivity contribution >= 4 is 0 Å². The van der Waals surface area contributed by atoms with E-state index >= 15 is 0 Å². The largest absolute Gasteiger partial charge is 0.490 e. The van der Waals surface area contributed by atoms with E-state index in [0.717, 1.165) is 24.6 Å². The number of hydrogen-bond acceptors (Lipinski definition) is 5. The normalized spacial score (nSPS) is 12.2. The maximum absolute atomic E-state index is 5.71. The highest BCUT2D eigenvalue weighted by Crippen LogP contribution is 2.25. The molecule has 20 heavy (non-hydrogen) atoms. The molecule has 0 aliphatic rings. The summed E-state index contributed by atoms with van der Waals surface area (Å²) in [4.78, 5) is 0. The van der Waals surface area contributed by atoms with Gasteiger partial charge in [-0.3, -0.25) is 0 Å². The minimum Gasteiger partial charge on any atom is -0.490 e. The van der Waals surface area contributed by atoms with Crippen molar-refractivity contribution in [2.45, 2.75) is 13.0 Å². The van der Waals surface area contributed by atoms with Crippen LogP contribution in [0.5, 0.6) is 11.5 Å². The predicted octanol–water partition coefficient (Wildman–Crippen LogP) is 1.72. The molecule has 5 nitrogen and oxygen atoms in total. The van der Waals surface area contributed by atoms with E-state index < -0.39 is 0 Å². The van der Waals surface area contributed by atoms with Crippen molar-refractivity contribution in [3.05, 3.63) is 24.3 Å². The van der Waals surface area contributed by atoms with Gasteiger partial charge in [0.25, 0.3) is 0 Å². The van der Waals surface area contributed by atoms with Crippen molar-refractivity contribution in [1.82, 2.24) is 5.32 Å². The summed E-state index contributed by atoms with van der Waals surface area (Å²) in [6.45, 7) is 5.22. The summed E-state index contributed by atoms with van der Waals surface area (Å²) in [5.41, 5.74) is 0. The number of benzene rings is 1. The van der Waals surface area contributed by atoms with Gasteiger partial charge in [0.15, 0.2) is 11.5 Å². The van der Waals surface area contributed by atoms with Gasteiger partial charge < -0.3 is 24.3 Å². The van der Waals surface area contributed by atoms with Gasteiger partial charge in [0.2, 0.25) is 0 Å². The van der Waals surface area contributed by atoms with Crippen molar-refractivity contribution in [3.63, 3.8) is 0 Å². The standard InChI is InChI=1S/C15H25NO4/c1-4-19-14-7-5-6-8-15(14)20-10-9-16-11-13(18-3)12-17-2/h5-8,13,16H,4,9-12H2,1-3H3. The van der Waals surface area contributed by atoms with E-state index in [-0.39, 0.29) is 6.10 Å². The lowest BCUT2D eigenvalue weighted by Crippen LogP contribution is -2.34. The molecule has 114 valence electrons. The van der Waals surface area contributed by atoms with Crippen LogP contribution in [-0.2, 0) is 9.47 Å². The van der Waals surface area contributed by atoms with E-state index in [1.54, 1.807) is 14.2 Å². The molecule has 1 N–H and O–H groups in total. The Bertz CT molecular complexity index is 359. The molecule has 0 aliphatic heterocycles. The maximum atomic E-state index is 5.71. The van der Waals surface area contributed by atoms with Crippen LogP contribution in [0.15, 0.2) is 24.3 Å². The Kier molecular flexibility index (Phi) is 8.78. The Hall–Kier alpha value is -1.30. The second-order valence-corrected chi connectivity index (χ2v) is 4.25. The van der Waals surface area contributed by atoms with Crippen molar-refractivity contribution < 1.29 is 18.9 Å². The van der Waals surface area contributed by atoms with Crippen LogP contribution in [0.3, 0.4) is 0 Å². The van der Waals surface area contributed by atoms with E-state index in [9.17, 15) is 0 Å². The predicted molar refractivity (Wildman–Crippen MR) is 78.6 cm³/mol. The van der Waals surface area contributed by atoms with Crippen LogP contribution in [0.25, 0.3) is 0 Å². The molecule has 0 radical (unpaired) electrons. The summed E-state index contributed by atoms with van der Waals surface area (Å²) in [5, 5.41) is 3.27.